The van der Waals surface area contributed by atoms with Gasteiger partial charge in [-0.25, -0.2) is 4.79 Å². The molecule has 0 spiro atoms. The maximum Gasteiger partial charge on any atom is 0.318 e. The number of carbonyl (C=O) groups excluding carboxylic acids is 2. The Kier molecular flexibility index (Phi) is 4.55. The Labute approximate surface area is 137 Å². The van der Waals surface area contributed by atoms with Crippen molar-refractivity contribution in [3.05, 3.63) is 35.9 Å². The Morgan fingerprint density at radius 1 is 1.22 bits per heavy atom. The van der Waals surface area contributed by atoms with Gasteiger partial charge in [0.05, 0.1) is 0 Å². The van der Waals surface area contributed by atoms with Crippen molar-refractivity contribution in [3.63, 3.8) is 0 Å². The van der Waals surface area contributed by atoms with Crippen LogP contribution in [0, 0.1) is 5.92 Å². The van der Waals surface area contributed by atoms with Gasteiger partial charge in [0, 0.05) is 26.2 Å². The first-order valence-corrected chi connectivity index (χ1v) is 8.42. The molecule has 23 heavy (non-hydrogen) atoms. The molecule has 5 heteroatoms. The molecule has 2 saturated heterocycles. The van der Waals surface area contributed by atoms with E-state index in [9.17, 15) is 9.59 Å². The summed E-state index contributed by atoms with van der Waals surface area (Å²) < 4.78 is 0. The van der Waals surface area contributed by atoms with Crippen LogP contribution in [0.2, 0.25) is 0 Å². The van der Waals surface area contributed by atoms with E-state index in [-0.39, 0.29) is 24.0 Å². The van der Waals surface area contributed by atoms with Crippen molar-refractivity contribution >= 4 is 11.9 Å². The van der Waals surface area contributed by atoms with Crippen LogP contribution in [-0.4, -0.2) is 54.0 Å². The smallest absolute Gasteiger partial charge is 0.318 e. The fraction of sp³-hybridized carbons (Fsp3) is 0.556. The first-order valence-electron chi connectivity index (χ1n) is 8.42. The van der Waals surface area contributed by atoms with E-state index in [1.54, 1.807) is 11.9 Å². The van der Waals surface area contributed by atoms with Crippen LogP contribution < -0.4 is 5.32 Å². The summed E-state index contributed by atoms with van der Waals surface area (Å²) >= 11 is 0. The van der Waals surface area contributed by atoms with Gasteiger partial charge < -0.3 is 15.1 Å². The maximum atomic E-state index is 12.5. The molecule has 1 N–H and O–H groups in total. The average Bonchev–Trinajstić information content (AvgIpc) is 3.06. The second-order valence-electron chi connectivity index (χ2n) is 6.72. The Balaban J connectivity index is 1.57. The summed E-state index contributed by atoms with van der Waals surface area (Å²) in [5.41, 5.74) is 1.32. The van der Waals surface area contributed by atoms with Gasteiger partial charge in [-0.2, -0.15) is 0 Å². The Hall–Kier alpha value is -2.04. The van der Waals surface area contributed by atoms with Gasteiger partial charge in [-0.1, -0.05) is 30.3 Å². The van der Waals surface area contributed by atoms with Crippen molar-refractivity contribution in [2.24, 2.45) is 5.92 Å². The molecule has 1 aromatic rings. The van der Waals surface area contributed by atoms with Gasteiger partial charge in [0.2, 0.25) is 5.91 Å². The van der Waals surface area contributed by atoms with Crippen molar-refractivity contribution in [1.82, 2.24) is 15.1 Å². The van der Waals surface area contributed by atoms with Crippen LogP contribution in [0.3, 0.4) is 0 Å². The van der Waals surface area contributed by atoms with E-state index in [0.29, 0.717) is 12.3 Å². The maximum absolute atomic E-state index is 12.5. The second kappa shape index (κ2) is 6.60. The molecular weight excluding hydrogens is 290 g/mol. The Morgan fingerprint density at radius 2 is 1.96 bits per heavy atom. The number of hydrogen-bond donors (Lipinski definition) is 1. The van der Waals surface area contributed by atoms with Crippen LogP contribution >= 0.6 is 0 Å². The van der Waals surface area contributed by atoms with E-state index in [4.69, 9.17) is 0 Å². The summed E-state index contributed by atoms with van der Waals surface area (Å²) in [5, 5.41) is 2.91. The number of rotatable bonds is 3. The lowest BCUT2D eigenvalue weighted by molar-refractivity contribution is -0.128. The number of likely N-dealkylation sites (tertiary alicyclic amines) is 2. The molecule has 2 aliphatic rings. The standard InChI is InChI=1S/C18H25N3O2/c1-13-15(12-14-6-4-3-5-7-14)8-11-21(13)18(23)19-16-9-10-20(2)17(16)22/h3-7,13,15-16H,8-12H2,1-2H3,(H,19,23). The number of urea groups is 1. The number of nitrogens with zero attached hydrogens (tertiary/aromatic N) is 2. The zero-order chi connectivity index (χ0) is 16.4. The van der Waals surface area contributed by atoms with Gasteiger partial charge in [0.1, 0.15) is 6.04 Å². The highest BCUT2D eigenvalue weighted by Gasteiger charge is 2.37. The van der Waals surface area contributed by atoms with Crippen molar-refractivity contribution in [1.29, 1.82) is 0 Å². The van der Waals surface area contributed by atoms with Gasteiger partial charge in [-0.15, -0.1) is 0 Å². The van der Waals surface area contributed by atoms with E-state index in [2.05, 4.69) is 36.5 Å². The first kappa shape index (κ1) is 15.8. The molecule has 0 aliphatic carbocycles. The minimum atomic E-state index is -0.354. The monoisotopic (exact) mass is 315 g/mol. The predicted molar refractivity (Wildman–Crippen MR) is 89.0 cm³/mol. The summed E-state index contributed by atoms with van der Waals surface area (Å²) in [7, 11) is 1.78. The van der Waals surface area contributed by atoms with E-state index < -0.39 is 0 Å². The lowest BCUT2D eigenvalue weighted by Crippen LogP contribution is -2.49. The average molecular weight is 315 g/mol. The molecule has 0 aromatic heterocycles. The molecule has 5 nitrogen and oxygen atoms in total. The Bertz CT molecular complexity index is 575. The molecule has 3 unspecified atom stereocenters. The summed E-state index contributed by atoms with van der Waals surface area (Å²) in [6.45, 7) is 3.60. The topological polar surface area (TPSA) is 52.7 Å². The number of hydrogen-bond acceptors (Lipinski definition) is 2. The first-order chi connectivity index (χ1) is 11.1. The second-order valence-corrected chi connectivity index (χ2v) is 6.72. The molecule has 3 rings (SSSR count). The molecule has 2 aliphatic heterocycles. The molecule has 2 fully saturated rings. The van der Waals surface area contributed by atoms with Gasteiger partial charge in [-0.05, 0) is 37.7 Å². The van der Waals surface area contributed by atoms with Gasteiger partial charge in [-0.3, -0.25) is 4.79 Å². The van der Waals surface area contributed by atoms with Gasteiger partial charge >= 0.3 is 6.03 Å². The number of amides is 3. The highest BCUT2D eigenvalue weighted by molar-refractivity contribution is 5.88. The molecular formula is C18H25N3O2. The normalized spacial score (nSPS) is 27.6. The van der Waals surface area contributed by atoms with Crippen molar-refractivity contribution < 1.29 is 9.59 Å². The zero-order valence-corrected chi connectivity index (χ0v) is 13.9. The van der Waals surface area contributed by atoms with E-state index in [1.807, 2.05) is 11.0 Å². The molecule has 0 saturated carbocycles. The summed E-state index contributed by atoms with van der Waals surface area (Å²) in [4.78, 5) is 28.0. The van der Waals surface area contributed by atoms with Crippen molar-refractivity contribution in [2.45, 2.75) is 38.3 Å². The third-order valence-corrected chi connectivity index (χ3v) is 5.24. The highest BCUT2D eigenvalue weighted by atomic mass is 16.2. The van der Waals surface area contributed by atoms with Crippen LogP contribution in [0.5, 0.6) is 0 Å². The molecule has 2 heterocycles. The highest BCUT2D eigenvalue weighted by Crippen LogP contribution is 2.27. The van der Waals surface area contributed by atoms with Gasteiger partial charge in [0.25, 0.3) is 0 Å². The molecule has 0 radical (unpaired) electrons. The Morgan fingerprint density at radius 3 is 2.61 bits per heavy atom. The van der Waals surface area contributed by atoms with E-state index >= 15 is 0 Å². The van der Waals surface area contributed by atoms with Crippen molar-refractivity contribution in [3.8, 4) is 0 Å². The lowest BCUT2D eigenvalue weighted by atomic mass is 9.93. The third kappa shape index (κ3) is 3.33. The molecule has 0 bridgehead atoms. The van der Waals surface area contributed by atoms with Crippen LogP contribution in [0.4, 0.5) is 4.79 Å². The molecule has 1 aromatic carbocycles. The lowest BCUT2D eigenvalue weighted by Gasteiger charge is -2.26. The number of nitrogens with one attached hydrogen (secondary N) is 1. The summed E-state index contributed by atoms with van der Waals surface area (Å²) in [6.07, 6.45) is 2.72. The SMILES string of the molecule is CC1C(Cc2ccccc2)CCN1C(=O)NC1CCN(C)C1=O. The van der Waals surface area contributed by atoms with Crippen LogP contribution in [0.1, 0.15) is 25.3 Å². The molecule has 3 atom stereocenters. The quantitative estimate of drug-likeness (QED) is 0.926. The van der Waals surface area contributed by atoms with Crippen LogP contribution in [0.25, 0.3) is 0 Å². The third-order valence-electron chi connectivity index (χ3n) is 5.24. The minimum absolute atomic E-state index is 0.0195. The molecule has 3 amide bonds. The van der Waals surface area contributed by atoms with E-state index in [1.165, 1.54) is 5.56 Å². The minimum Gasteiger partial charge on any atom is -0.344 e. The number of carbonyl (C=O) groups is 2. The van der Waals surface area contributed by atoms with Crippen molar-refractivity contribution in [2.75, 3.05) is 20.1 Å². The fourth-order valence-corrected chi connectivity index (χ4v) is 3.67. The van der Waals surface area contributed by atoms with Crippen LogP contribution in [-0.2, 0) is 11.2 Å². The van der Waals surface area contributed by atoms with E-state index in [0.717, 1.165) is 25.9 Å². The zero-order valence-electron chi connectivity index (χ0n) is 13.9. The summed E-state index contributed by atoms with van der Waals surface area (Å²) in [5.74, 6) is 0.496. The van der Waals surface area contributed by atoms with Crippen LogP contribution in [0.15, 0.2) is 30.3 Å². The molecule has 124 valence electrons. The predicted octanol–water partition coefficient (Wildman–Crippen LogP) is 1.88. The summed E-state index contributed by atoms with van der Waals surface area (Å²) in [6, 6.07) is 10.2. The largest absolute Gasteiger partial charge is 0.344 e. The van der Waals surface area contributed by atoms with Gasteiger partial charge in [0.15, 0.2) is 0 Å². The number of likely N-dealkylation sites (N-methyl/N-ethyl adjacent to an activating group) is 1. The number of benzene rings is 1. The fourth-order valence-electron chi connectivity index (χ4n) is 3.67.